The molecule has 1 N–H and O–H groups in total. The van der Waals surface area contributed by atoms with Crippen LogP contribution in [0.4, 0.5) is 0 Å². The van der Waals surface area contributed by atoms with Crippen molar-refractivity contribution < 1.29 is 19.4 Å². The Labute approximate surface area is 174 Å². The third-order valence-corrected chi connectivity index (χ3v) is 5.73. The van der Waals surface area contributed by atoms with Gasteiger partial charge in [0.1, 0.15) is 5.76 Å². The molecule has 0 spiro atoms. The third-order valence-electron chi connectivity index (χ3n) is 5.48. The van der Waals surface area contributed by atoms with Gasteiger partial charge in [-0.05, 0) is 49.6 Å². The second-order valence-electron chi connectivity index (χ2n) is 7.50. The number of aryl methyl sites for hydroxylation is 1. The maximum atomic E-state index is 12.9. The van der Waals surface area contributed by atoms with Crippen molar-refractivity contribution >= 4 is 29.1 Å². The highest BCUT2D eigenvalue weighted by Crippen LogP contribution is 2.40. The standard InChI is InChI=1S/C23H22ClNO4/c1-14-4-6-15(7-5-14)20-19(21(26)16-8-10-17(24)11-9-16)22(27)23(28)25(20)13-18-3-2-12-29-18/h4-11,18,20,26H,2-3,12-13H2,1H3/b21-19+/t18-,20+/m0/s1. The van der Waals surface area contributed by atoms with Crippen molar-refractivity contribution in [1.82, 2.24) is 4.90 Å². The molecule has 2 aliphatic heterocycles. The van der Waals surface area contributed by atoms with Crippen LogP contribution in [0.3, 0.4) is 0 Å². The zero-order valence-electron chi connectivity index (χ0n) is 16.1. The number of Topliss-reactive ketones (excluding diaryl/α,β-unsaturated/α-hetero) is 1. The van der Waals surface area contributed by atoms with E-state index in [-0.39, 0.29) is 17.4 Å². The molecule has 6 heteroatoms. The lowest BCUT2D eigenvalue weighted by Gasteiger charge is -2.27. The summed E-state index contributed by atoms with van der Waals surface area (Å²) < 4.78 is 5.70. The number of carbonyl (C=O) groups excluding carboxylic acids is 2. The summed E-state index contributed by atoms with van der Waals surface area (Å²) in [5, 5.41) is 11.5. The fourth-order valence-electron chi connectivity index (χ4n) is 3.93. The highest BCUT2D eigenvalue weighted by molar-refractivity contribution is 6.46. The van der Waals surface area contributed by atoms with Crippen molar-refractivity contribution in [3.63, 3.8) is 0 Å². The van der Waals surface area contributed by atoms with E-state index in [0.29, 0.717) is 23.7 Å². The van der Waals surface area contributed by atoms with Crippen molar-refractivity contribution in [3.8, 4) is 0 Å². The van der Waals surface area contributed by atoms with Crippen LogP contribution in [-0.4, -0.2) is 41.0 Å². The van der Waals surface area contributed by atoms with Gasteiger partial charge in [0.05, 0.1) is 17.7 Å². The van der Waals surface area contributed by atoms with Crippen LogP contribution in [0.2, 0.25) is 5.02 Å². The number of ether oxygens (including phenoxy) is 1. The molecule has 2 heterocycles. The van der Waals surface area contributed by atoms with E-state index in [4.69, 9.17) is 16.3 Å². The number of ketones is 1. The van der Waals surface area contributed by atoms with Gasteiger partial charge in [-0.25, -0.2) is 0 Å². The van der Waals surface area contributed by atoms with E-state index in [2.05, 4.69) is 0 Å². The summed E-state index contributed by atoms with van der Waals surface area (Å²) in [7, 11) is 0. The number of amides is 1. The summed E-state index contributed by atoms with van der Waals surface area (Å²) in [5.74, 6) is -1.48. The van der Waals surface area contributed by atoms with Gasteiger partial charge in [0.15, 0.2) is 0 Å². The molecule has 2 atom stereocenters. The quantitative estimate of drug-likeness (QED) is 0.464. The van der Waals surface area contributed by atoms with Crippen LogP contribution in [-0.2, 0) is 14.3 Å². The van der Waals surface area contributed by atoms with Crippen molar-refractivity contribution in [2.45, 2.75) is 31.9 Å². The Bertz CT molecular complexity index is 959. The first-order chi connectivity index (χ1) is 14.0. The third kappa shape index (κ3) is 3.80. The van der Waals surface area contributed by atoms with Crippen LogP contribution in [0.15, 0.2) is 54.1 Å². The smallest absolute Gasteiger partial charge is 0.295 e. The molecule has 0 unspecified atom stereocenters. The maximum Gasteiger partial charge on any atom is 0.295 e. The van der Waals surface area contributed by atoms with Gasteiger partial charge in [0.2, 0.25) is 0 Å². The number of halogens is 1. The Morgan fingerprint density at radius 3 is 2.45 bits per heavy atom. The predicted molar refractivity (Wildman–Crippen MR) is 111 cm³/mol. The summed E-state index contributed by atoms with van der Waals surface area (Å²) >= 11 is 5.94. The second kappa shape index (κ2) is 8.01. The molecule has 0 bridgehead atoms. The highest BCUT2D eigenvalue weighted by atomic mass is 35.5. The van der Waals surface area contributed by atoms with E-state index >= 15 is 0 Å². The van der Waals surface area contributed by atoms with Crippen molar-refractivity contribution in [2.24, 2.45) is 0 Å². The number of hydrogen-bond donors (Lipinski definition) is 1. The van der Waals surface area contributed by atoms with Gasteiger partial charge in [0.25, 0.3) is 11.7 Å². The minimum atomic E-state index is -0.680. The summed E-state index contributed by atoms with van der Waals surface area (Å²) in [6.45, 7) is 2.95. The van der Waals surface area contributed by atoms with Crippen LogP contribution in [0.5, 0.6) is 0 Å². The zero-order valence-corrected chi connectivity index (χ0v) is 16.9. The molecule has 0 aliphatic carbocycles. The van der Waals surface area contributed by atoms with Crippen molar-refractivity contribution in [3.05, 3.63) is 75.8 Å². The highest BCUT2D eigenvalue weighted by Gasteiger charge is 2.47. The number of benzene rings is 2. The first kappa shape index (κ1) is 19.7. The lowest BCUT2D eigenvalue weighted by atomic mass is 9.94. The molecule has 2 aliphatic rings. The van der Waals surface area contributed by atoms with Crippen LogP contribution in [0.25, 0.3) is 5.76 Å². The average Bonchev–Trinajstić information content (AvgIpc) is 3.31. The van der Waals surface area contributed by atoms with E-state index in [1.54, 1.807) is 24.3 Å². The van der Waals surface area contributed by atoms with Crippen LogP contribution < -0.4 is 0 Å². The molecule has 0 aromatic heterocycles. The first-order valence-corrected chi connectivity index (χ1v) is 10.1. The number of aliphatic hydroxyl groups is 1. The van der Waals surface area contributed by atoms with Gasteiger partial charge in [-0.3, -0.25) is 9.59 Å². The first-order valence-electron chi connectivity index (χ1n) is 9.68. The van der Waals surface area contributed by atoms with Gasteiger partial charge in [0, 0.05) is 23.7 Å². The fourth-order valence-corrected chi connectivity index (χ4v) is 4.06. The van der Waals surface area contributed by atoms with E-state index in [9.17, 15) is 14.7 Å². The molecule has 150 valence electrons. The second-order valence-corrected chi connectivity index (χ2v) is 7.94. The molecule has 2 fully saturated rings. The molecule has 2 aromatic carbocycles. The normalized spacial score (nSPS) is 23.7. The number of hydrogen-bond acceptors (Lipinski definition) is 4. The van der Waals surface area contributed by atoms with Crippen molar-refractivity contribution in [1.29, 1.82) is 0 Å². The van der Waals surface area contributed by atoms with Crippen LogP contribution in [0, 0.1) is 6.92 Å². The topological polar surface area (TPSA) is 66.8 Å². The van der Waals surface area contributed by atoms with E-state index < -0.39 is 17.7 Å². The molecular formula is C23H22ClNO4. The molecule has 2 aromatic rings. The van der Waals surface area contributed by atoms with Gasteiger partial charge < -0.3 is 14.7 Å². The number of likely N-dealkylation sites (tertiary alicyclic amines) is 1. The Kier molecular flexibility index (Phi) is 5.43. The monoisotopic (exact) mass is 411 g/mol. The largest absolute Gasteiger partial charge is 0.507 e. The van der Waals surface area contributed by atoms with Gasteiger partial charge in [-0.1, -0.05) is 41.4 Å². The van der Waals surface area contributed by atoms with Crippen LogP contribution >= 0.6 is 11.6 Å². The molecule has 1 amide bonds. The van der Waals surface area contributed by atoms with Crippen molar-refractivity contribution in [2.75, 3.05) is 13.2 Å². The molecule has 0 saturated carbocycles. The molecule has 29 heavy (non-hydrogen) atoms. The Morgan fingerprint density at radius 2 is 1.83 bits per heavy atom. The van der Waals surface area contributed by atoms with Gasteiger partial charge in [-0.2, -0.15) is 0 Å². The molecule has 5 nitrogen and oxygen atoms in total. The Hall–Kier alpha value is -2.63. The summed E-state index contributed by atoms with van der Waals surface area (Å²) in [6.07, 6.45) is 1.69. The summed E-state index contributed by atoms with van der Waals surface area (Å²) in [4.78, 5) is 27.4. The van der Waals surface area contributed by atoms with E-state index in [1.807, 2.05) is 31.2 Å². The average molecular weight is 412 g/mol. The van der Waals surface area contributed by atoms with Gasteiger partial charge in [-0.15, -0.1) is 0 Å². The molecular weight excluding hydrogens is 390 g/mol. The van der Waals surface area contributed by atoms with E-state index in [0.717, 1.165) is 24.0 Å². The minimum Gasteiger partial charge on any atom is -0.507 e. The number of nitrogens with zero attached hydrogens (tertiary/aromatic N) is 1. The maximum absolute atomic E-state index is 12.9. The molecule has 0 radical (unpaired) electrons. The van der Waals surface area contributed by atoms with Gasteiger partial charge >= 0.3 is 0 Å². The minimum absolute atomic E-state index is 0.0965. The SMILES string of the molecule is Cc1ccc([C@@H]2/C(=C(\O)c3ccc(Cl)cc3)C(=O)C(=O)N2C[C@@H]2CCCO2)cc1. The lowest BCUT2D eigenvalue weighted by molar-refractivity contribution is -0.140. The Balaban J connectivity index is 1.81. The molecule has 2 saturated heterocycles. The lowest BCUT2D eigenvalue weighted by Crippen LogP contribution is -2.36. The number of aliphatic hydroxyl groups excluding tert-OH is 1. The summed E-state index contributed by atoms with van der Waals surface area (Å²) in [6, 6.07) is 13.5. The summed E-state index contributed by atoms with van der Waals surface area (Å²) in [5.41, 5.74) is 2.40. The van der Waals surface area contributed by atoms with E-state index in [1.165, 1.54) is 4.90 Å². The fraction of sp³-hybridized carbons (Fsp3) is 0.304. The Morgan fingerprint density at radius 1 is 1.14 bits per heavy atom. The zero-order chi connectivity index (χ0) is 20.5. The molecule has 4 rings (SSSR count). The number of rotatable bonds is 4. The van der Waals surface area contributed by atoms with Crippen LogP contribution in [0.1, 0.15) is 35.6 Å². The predicted octanol–water partition coefficient (Wildman–Crippen LogP) is 4.25. The number of carbonyl (C=O) groups is 2.